The Labute approximate surface area is 131 Å². The van der Waals surface area contributed by atoms with Crippen molar-refractivity contribution < 1.29 is 14.3 Å². The monoisotopic (exact) mass is 299 g/mol. The van der Waals surface area contributed by atoms with Gasteiger partial charge in [-0.05, 0) is 54.4 Å². The van der Waals surface area contributed by atoms with E-state index in [0.717, 1.165) is 17.2 Å². The molecule has 0 saturated heterocycles. The zero-order chi connectivity index (χ0) is 15.9. The number of rotatable bonds is 6. The van der Waals surface area contributed by atoms with Gasteiger partial charge in [-0.15, -0.1) is 0 Å². The Bertz CT molecular complexity index is 603. The van der Waals surface area contributed by atoms with Crippen molar-refractivity contribution in [3.63, 3.8) is 0 Å². The van der Waals surface area contributed by atoms with Gasteiger partial charge in [-0.2, -0.15) is 0 Å². The number of benzene rings is 2. The van der Waals surface area contributed by atoms with Gasteiger partial charge in [0.15, 0.2) is 0 Å². The Morgan fingerprint density at radius 1 is 1.00 bits per heavy atom. The maximum Gasteiger partial charge on any atom is 0.255 e. The summed E-state index contributed by atoms with van der Waals surface area (Å²) >= 11 is 0. The van der Waals surface area contributed by atoms with E-state index in [0.29, 0.717) is 18.1 Å². The molecule has 0 saturated carbocycles. The first kappa shape index (κ1) is 15.9. The molecule has 0 unspecified atom stereocenters. The van der Waals surface area contributed by atoms with E-state index in [1.807, 2.05) is 12.1 Å². The van der Waals surface area contributed by atoms with Gasteiger partial charge < -0.3 is 14.8 Å². The third-order valence-corrected chi connectivity index (χ3v) is 3.05. The minimum Gasteiger partial charge on any atom is -0.497 e. The highest BCUT2D eigenvalue weighted by atomic mass is 16.5. The number of hydrogen-bond donors (Lipinski definition) is 1. The molecule has 0 atom stereocenters. The van der Waals surface area contributed by atoms with E-state index >= 15 is 0 Å². The highest BCUT2D eigenvalue weighted by Gasteiger charge is 2.06. The van der Waals surface area contributed by atoms with Crippen LogP contribution in [-0.2, 0) is 0 Å². The number of anilines is 1. The molecule has 0 fully saturated rings. The van der Waals surface area contributed by atoms with Gasteiger partial charge in [0.2, 0.25) is 0 Å². The van der Waals surface area contributed by atoms with Crippen LogP contribution in [0.2, 0.25) is 0 Å². The van der Waals surface area contributed by atoms with Crippen LogP contribution < -0.4 is 14.8 Å². The molecule has 0 radical (unpaired) electrons. The summed E-state index contributed by atoms with van der Waals surface area (Å²) in [5, 5.41) is 2.84. The molecule has 0 heterocycles. The Balaban J connectivity index is 1.96. The van der Waals surface area contributed by atoms with E-state index in [4.69, 9.17) is 9.47 Å². The smallest absolute Gasteiger partial charge is 0.255 e. The molecule has 2 aromatic rings. The van der Waals surface area contributed by atoms with E-state index in [-0.39, 0.29) is 5.91 Å². The first-order valence-electron chi connectivity index (χ1n) is 7.26. The van der Waals surface area contributed by atoms with Gasteiger partial charge in [0.25, 0.3) is 5.91 Å². The standard InChI is InChI=1S/C18H21NO3/c1-13(2)12-22-17-8-4-14(5-9-17)18(20)19-15-6-10-16(21-3)11-7-15/h4-11,13H,12H2,1-3H3,(H,19,20). The average Bonchev–Trinajstić information content (AvgIpc) is 2.54. The molecule has 1 amide bonds. The second kappa shape index (κ2) is 7.50. The summed E-state index contributed by atoms with van der Waals surface area (Å²) in [5.41, 5.74) is 1.32. The predicted octanol–water partition coefficient (Wildman–Crippen LogP) is 3.98. The van der Waals surface area contributed by atoms with Crippen LogP contribution in [0.5, 0.6) is 11.5 Å². The quantitative estimate of drug-likeness (QED) is 0.877. The summed E-state index contributed by atoms with van der Waals surface area (Å²) in [6.07, 6.45) is 0. The van der Waals surface area contributed by atoms with Gasteiger partial charge in [-0.1, -0.05) is 13.8 Å². The van der Waals surface area contributed by atoms with Gasteiger partial charge in [0.05, 0.1) is 13.7 Å². The van der Waals surface area contributed by atoms with E-state index in [1.165, 1.54) is 0 Å². The fourth-order valence-electron chi connectivity index (χ4n) is 1.84. The number of ether oxygens (including phenoxy) is 2. The van der Waals surface area contributed by atoms with E-state index in [9.17, 15) is 4.79 Å². The van der Waals surface area contributed by atoms with Gasteiger partial charge >= 0.3 is 0 Å². The Morgan fingerprint density at radius 3 is 2.14 bits per heavy atom. The molecule has 2 rings (SSSR count). The molecule has 4 nitrogen and oxygen atoms in total. The first-order chi connectivity index (χ1) is 10.6. The second-order valence-electron chi connectivity index (χ2n) is 5.41. The van der Waals surface area contributed by atoms with Gasteiger partial charge in [-0.3, -0.25) is 4.79 Å². The lowest BCUT2D eigenvalue weighted by Crippen LogP contribution is -2.11. The number of hydrogen-bond acceptors (Lipinski definition) is 3. The van der Waals surface area contributed by atoms with Crippen molar-refractivity contribution in [1.82, 2.24) is 0 Å². The molecule has 116 valence electrons. The second-order valence-corrected chi connectivity index (χ2v) is 5.41. The molecule has 0 aromatic heterocycles. The van der Waals surface area contributed by atoms with Crippen LogP contribution in [0.1, 0.15) is 24.2 Å². The SMILES string of the molecule is COc1ccc(NC(=O)c2ccc(OCC(C)C)cc2)cc1. The third-order valence-electron chi connectivity index (χ3n) is 3.05. The van der Waals surface area contributed by atoms with Crippen molar-refractivity contribution in [3.05, 3.63) is 54.1 Å². The lowest BCUT2D eigenvalue weighted by atomic mass is 10.2. The van der Waals surface area contributed by atoms with Crippen LogP contribution in [-0.4, -0.2) is 19.6 Å². The summed E-state index contributed by atoms with van der Waals surface area (Å²) in [5.74, 6) is 1.85. The molecule has 0 aliphatic heterocycles. The van der Waals surface area contributed by atoms with Gasteiger partial charge in [0, 0.05) is 11.3 Å². The molecule has 4 heteroatoms. The highest BCUT2D eigenvalue weighted by molar-refractivity contribution is 6.04. The average molecular weight is 299 g/mol. The van der Waals surface area contributed by atoms with E-state index in [2.05, 4.69) is 19.2 Å². The Morgan fingerprint density at radius 2 is 1.59 bits per heavy atom. The fraction of sp³-hybridized carbons (Fsp3) is 0.278. The van der Waals surface area contributed by atoms with Crippen molar-refractivity contribution in [2.45, 2.75) is 13.8 Å². The molecule has 1 N–H and O–H groups in total. The fourth-order valence-corrected chi connectivity index (χ4v) is 1.84. The van der Waals surface area contributed by atoms with Crippen molar-refractivity contribution in [3.8, 4) is 11.5 Å². The summed E-state index contributed by atoms with van der Waals surface area (Å²) in [6, 6.07) is 14.4. The van der Waals surface area contributed by atoms with Gasteiger partial charge in [-0.25, -0.2) is 0 Å². The normalized spacial score (nSPS) is 10.4. The van der Waals surface area contributed by atoms with E-state index in [1.54, 1.807) is 43.5 Å². The molecule has 2 aromatic carbocycles. The number of amides is 1. The van der Waals surface area contributed by atoms with Crippen LogP contribution in [0.3, 0.4) is 0 Å². The minimum atomic E-state index is -0.152. The maximum atomic E-state index is 12.2. The molecule has 0 aliphatic carbocycles. The molecule has 22 heavy (non-hydrogen) atoms. The van der Waals surface area contributed by atoms with Crippen molar-refractivity contribution in [1.29, 1.82) is 0 Å². The Hall–Kier alpha value is -2.49. The molecule has 0 bridgehead atoms. The largest absolute Gasteiger partial charge is 0.497 e. The van der Waals surface area contributed by atoms with Crippen LogP contribution in [0.4, 0.5) is 5.69 Å². The minimum absolute atomic E-state index is 0.152. The summed E-state index contributed by atoms with van der Waals surface area (Å²) in [6.45, 7) is 4.85. The van der Waals surface area contributed by atoms with Crippen molar-refractivity contribution in [2.24, 2.45) is 5.92 Å². The van der Waals surface area contributed by atoms with Crippen molar-refractivity contribution >= 4 is 11.6 Å². The topological polar surface area (TPSA) is 47.6 Å². The maximum absolute atomic E-state index is 12.2. The first-order valence-corrected chi connectivity index (χ1v) is 7.26. The summed E-state index contributed by atoms with van der Waals surface area (Å²) in [7, 11) is 1.61. The lowest BCUT2D eigenvalue weighted by Gasteiger charge is -2.09. The summed E-state index contributed by atoms with van der Waals surface area (Å²) < 4.78 is 10.7. The molecule has 0 spiro atoms. The van der Waals surface area contributed by atoms with Crippen molar-refractivity contribution in [2.75, 3.05) is 19.0 Å². The Kier molecular flexibility index (Phi) is 5.42. The predicted molar refractivity (Wildman–Crippen MR) is 87.7 cm³/mol. The zero-order valence-electron chi connectivity index (χ0n) is 13.1. The van der Waals surface area contributed by atoms with Gasteiger partial charge in [0.1, 0.15) is 11.5 Å². The van der Waals surface area contributed by atoms with Crippen LogP contribution in [0, 0.1) is 5.92 Å². The number of methoxy groups -OCH3 is 1. The third kappa shape index (κ3) is 4.52. The zero-order valence-corrected chi connectivity index (χ0v) is 13.1. The molecular weight excluding hydrogens is 278 g/mol. The van der Waals surface area contributed by atoms with Crippen LogP contribution in [0.15, 0.2) is 48.5 Å². The summed E-state index contributed by atoms with van der Waals surface area (Å²) in [4.78, 5) is 12.2. The molecular formula is C18H21NO3. The van der Waals surface area contributed by atoms with Crippen LogP contribution >= 0.6 is 0 Å². The van der Waals surface area contributed by atoms with Crippen LogP contribution in [0.25, 0.3) is 0 Å². The lowest BCUT2D eigenvalue weighted by molar-refractivity contribution is 0.102. The number of carbonyl (C=O) groups excluding carboxylic acids is 1. The van der Waals surface area contributed by atoms with E-state index < -0.39 is 0 Å². The number of nitrogens with one attached hydrogen (secondary N) is 1. The number of carbonyl (C=O) groups is 1. The molecule has 0 aliphatic rings. The highest BCUT2D eigenvalue weighted by Crippen LogP contribution is 2.17.